The number of aryl methyl sites for hydroxylation is 1. The highest BCUT2D eigenvalue weighted by Crippen LogP contribution is 2.14. The third-order valence-corrected chi connectivity index (χ3v) is 3.16. The summed E-state index contributed by atoms with van der Waals surface area (Å²) in [6.07, 6.45) is 0. The number of hydrogen-bond acceptors (Lipinski definition) is 2. The van der Waals surface area contributed by atoms with E-state index in [-0.39, 0.29) is 0 Å². The van der Waals surface area contributed by atoms with Crippen molar-refractivity contribution in [2.45, 2.75) is 40.0 Å². The summed E-state index contributed by atoms with van der Waals surface area (Å²) in [6, 6.07) is 17.2. The monoisotopic (exact) mass is 269 g/mol. The summed E-state index contributed by atoms with van der Waals surface area (Å²) in [5, 5.41) is 3.40. The number of nitrogens with one attached hydrogen (secondary N) is 1. The summed E-state index contributed by atoms with van der Waals surface area (Å²) in [5.74, 6) is 0.916. The molecule has 2 heteroatoms. The molecule has 20 heavy (non-hydrogen) atoms. The number of benzene rings is 2. The fourth-order valence-electron chi connectivity index (χ4n) is 1.88. The fourth-order valence-corrected chi connectivity index (χ4v) is 1.88. The Labute approximate surface area is 121 Å². The van der Waals surface area contributed by atoms with Gasteiger partial charge in [0.15, 0.2) is 0 Å². The lowest BCUT2D eigenvalue weighted by atomic mass is 10.2. The lowest BCUT2D eigenvalue weighted by Gasteiger charge is -2.10. The predicted octanol–water partition coefficient (Wildman–Crippen LogP) is 4.07. The summed E-state index contributed by atoms with van der Waals surface area (Å²) in [6.45, 7) is 7.91. The topological polar surface area (TPSA) is 21.3 Å². The second kappa shape index (κ2) is 7.11. The van der Waals surface area contributed by atoms with Gasteiger partial charge in [0.05, 0.1) is 0 Å². The molecule has 0 aromatic heterocycles. The summed E-state index contributed by atoms with van der Waals surface area (Å²) >= 11 is 0. The van der Waals surface area contributed by atoms with Crippen molar-refractivity contribution in [1.82, 2.24) is 5.32 Å². The molecule has 2 rings (SSSR count). The maximum Gasteiger partial charge on any atom is 0.119 e. The van der Waals surface area contributed by atoms with Crippen molar-refractivity contribution in [2.24, 2.45) is 0 Å². The van der Waals surface area contributed by atoms with Crippen LogP contribution in [-0.4, -0.2) is 6.04 Å². The summed E-state index contributed by atoms with van der Waals surface area (Å²) in [7, 11) is 0. The molecule has 0 saturated heterocycles. The first-order chi connectivity index (χ1) is 9.63. The summed E-state index contributed by atoms with van der Waals surface area (Å²) in [4.78, 5) is 0. The van der Waals surface area contributed by atoms with Crippen LogP contribution in [0, 0.1) is 6.92 Å². The van der Waals surface area contributed by atoms with Gasteiger partial charge in [0.2, 0.25) is 0 Å². The summed E-state index contributed by atoms with van der Waals surface area (Å²) < 4.78 is 5.79. The lowest BCUT2D eigenvalue weighted by molar-refractivity contribution is 0.306. The molecule has 0 heterocycles. The van der Waals surface area contributed by atoms with Gasteiger partial charge in [0.1, 0.15) is 12.4 Å². The molecule has 0 aliphatic heterocycles. The maximum atomic E-state index is 5.79. The highest BCUT2D eigenvalue weighted by Gasteiger charge is 1.98. The van der Waals surface area contributed by atoms with Crippen LogP contribution in [0.1, 0.15) is 30.5 Å². The molecule has 0 fully saturated rings. The number of ether oxygens (including phenoxy) is 1. The van der Waals surface area contributed by atoms with Crippen molar-refractivity contribution in [2.75, 3.05) is 0 Å². The standard InChI is InChI=1S/C18H23NO/c1-14(2)19-12-16-8-10-18(11-9-16)20-13-17-6-4-15(3)5-7-17/h4-11,14,19H,12-13H2,1-3H3. The second-order valence-electron chi connectivity index (χ2n) is 5.45. The molecule has 0 atom stereocenters. The van der Waals surface area contributed by atoms with Crippen LogP contribution in [0.25, 0.3) is 0 Å². The SMILES string of the molecule is Cc1ccc(COc2ccc(CNC(C)C)cc2)cc1. The van der Waals surface area contributed by atoms with Crippen LogP contribution >= 0.6 is 0 Å². The largest absolute Gasteiger partial charge is 0.489 e. The molecule has 0 aliphatic rings. The van der Waals surface area contributed by atoms with Crippen LogP contribution in [0.5, 0.6) is 5.75 Å². The molecule has 106 valence electrons. The summed E-state index contributed by atoms with van der Waals surface area (Å²) in [5.41, 5.74) is 3.75. The van der Waals surface area contributed by atoms with Crippen LogP contribution in [0.4, 0.5) is 0 Å². The quantitative estimate of drug-likeness (QED) is 0.853. The zero-order valence-electron chi connectivity index (χ0n) is 12.5. The zero-order valence-corrected chi connectivity index (χ0v) is 12.5. The molecular weight excluding hydrogens is 246 g/mol. The molecule has 0 aliphatic carbocycles. The smallest absolute Gasteiger partial charge is 0.119 e. The van der Waals surface area contributed by atoms with Crippen molar-refractivity contribution in [3.63, 3.8) is 0 Å². The highest BCUT2D eigenvalue weighted by atomic mass is 16.5. The first kappa shape index (κ1) is 14.6. The molecular formula is C18H23NO. The van der Waals surface area contributed by atoms with Crippen LogP contribution in [-0.2, 0) is 13.2 Å². The van der Waals surface area contributed by atoms with Gasteiger partial charge in [-0.3, -0.25) is 0 Å². The minimum atomic E-state index is 0.507. The van der Waals surface area contributed by atoms with Crippen molar-refractivity contribution in [3.8, 4) is 5.75 Å². The van der Waals surface area contributed by atoms with Gasteiger partial charge in [-0.25, -0.2) is 0 Å². The Hall–Kier alpha value is -1.80. The Kier molecular flexibility index (Phi) is 5.19. The van der Waals surface area contributed by atoms with E-state index >= 15 is 0 Å². The Balaban J connectivity index is 1.85. The van der Waals surface area contributed by atoms with E-state index in [1.54, 1.807) is 0 Å². The van der Waals surface area contributed by atoms with Crippen LogP contribution in [0.2, 0.25) is 0 Å². The molecule has 0 unspecified atom stereocenters. The van der Waals surface area contributed by atoms with E-state index in [1.807, 2.05) is 12.1 Å². The minimum Gasteiger partial charge on any atom is -0.489 e. The highest BCUT2D eigenvalue weighted by molar-refractivity contribution is 5.28. The molecule has 1 N–H and O–H groups in total. The number of rotatable bonds is 6. The van der Waals surface area contributed by atoms with Gasteiger partial charge in [-0.1, -0.05) is 55.8 Å². The lowest BCUT2D eigenvalue weighted by Crippen LogP contribution is -2.21. The van der Waals surface area contributed by atoms with Gasteiger partial charge in [-0.05, 0) is 30.2 Å². The first-order valence-corrected chi connectivity index (χ1v) is 7.14. The van der Waals surface area contributed by atoms with Crippen LogP contribution in [0.3, 0.4) is 0 Å². The minimum absolute atomic E-state index is 0.507. The van der Waals surface area contributed by atoms with E-state index in [9.17, 15) is 0 Å². The van der Waals surface area contributed by atoms with Gasteiger partial charge in [-0.2, -0.15) is 0 Å². The Morgan fingerprint density at radius 3 is 2.10 bits per heavy atom. The molecule has 0 saturated carbocycles. The van der Waals surface area contributed by atoms with Gasteiger partial charge in [-0.15, -0.1) is 0 Å². The molecule has 0 bridgehead atoms. The Morgan fingerprint density at radius 2 is 1.50 bits per heavy atom. The molecule has 2 nitrogen and oxygen atoms in total. The molecule has 0 radical (unpaired) electrons. The Morgan fingerprint density at radius 1 is 0.900 bits per heavy atom. The van der Waals surface area contributed by atoms with E-state index in [2.05, 4.69) is 62.5 Å². The van der Waals surface area contributed by atoms with E-state index in [1.165, 1.54) is 16.7 Å². The van der Waals surface area contributed by atoms with Gasteiger partial charge >= 0.3 is 0 Å². The maximum absolute atomic E-state index is 5.79. The van der Waals surface area contributed by atoms with Gasteiger partial charge < -0.3 is 10.1 Å². The van der Waals surface area contributed by atoms with Crippen molar-refractivity contribution in [3.05, 3.63) is 65.2 Å². The van der Waals surface area contributed by atoms with Crippen LogP contribution < -0.4 is 10.1 Å². The van der Waals surface area contributed by atoms with E-state index in [4.69, 9.17) is 4.74 Å². The van der Waals surface area contributed by atoms with E-state index < -0.39 is 0 Å². The third-order valence-electron chi connectivity index (χ3n) is 3.16. The van der Waals surface area contributed by atoms with Crippen LogP contribution in [0.15, 0.2) is 48.5 Å². The van der Waals surface area contributed by atoms with Gasteiger partial charge in [0, 0.05) is 12.6 Å². The van der Waals surface area contributed by atoms with E-state index in [0.29, 0.717) is 12.6 Å². The molecule has 2 aromatic carbocycles. The van der Waals surface area contributed by atoms with Crippen molar-refractivity contribution < 1.29 is 4.74 Å². The van der Waals surface area contributed by atoms with E-state index in [0.717, 1.165) is 12.3 Å². The predicted molar refractivity (Wildman–Crippen MR) is 83.9 cm³/mol. The van der Waals surface area contributed by atoms with Gasteiger partial charge in [0.25, 0.3) is 0 Å². The third kappa shape index (κ3) is 4.71. The normalized spacial score (nSPS) is 10.8. The zero-order chi connectivity index (χ0) is 14.4. The molecule has 2 aromatic rings. The Bertz CT molecular complexity index is 514. The van der Waals surface area contributed by atoms with Crippen molar-refractivity contribution in [1.29, 1.82) is 0 Å². The first-order valence-electron chi connectivity index (χ1n) is 7.14. The molecule has 0 amide bonds. The average Bonchev–Trinajstić information content (AvgIpc) is 2.45. The van der Waals surface area contributed by atoms with Crippen molar-refractivity contribution >= 4 is 0 Å². The molecule has 0 spiro atoms. The fraction of sp³-hybridized carbons (Fsp3) is 0.333. The second-order valence-corrected chi connectivity index (χ2v) is 5.45. The number of hydrogen-bond donors (Lipinski definition) is 1. The average molecular weight is 269 g/mol.